The van der Waals surface area contributed by atoms with Gasteiger partial charge in [0.05, 0.1) is 10.6 Å². The topological polar surface area (TPSA) is 71.1 Å². The third-order valence-corrected chi connectivity index (χ3v) is 5.47. The summed E-state index contributed by atoms with van der Waals surface area (Å²) in [5, 5.41) is 9.86. The van der Waals surface area contributed by atoms with Crippen LogP contribution in [0, 0.1) is 0 Å². The maximum atomic E-state index is 12.0. The number of thioether (sulfide) groups is 1. The minimum atomic E-state index is -0.117. The van der Waals surface area contributed by atoms with E-state index < -0.39 is 0 Å². The molecule has 0 aliphatic heterocycles. The van der Waals surface area contributed by atoms with Gasteiger partial charge in [-0.25, -0.2) is 4.98 Å². The molecule has 2 aromatic heterocycles. The summed E-state index contributed by atoms with van der Waals surface area (Å²) in [7, 11) is 0. The van der Waals surface area contributed by atoms with Gasteiger partial charge in [0.15, 0.2) is 5.13 Å². The van der Waals surface area contributed by atoms with Gasteiger partial charge >= 0.3 is 0 Å². The van der Waals surface area contributed by atoms with Gasteiger partial charge in [-0.2, -0.15) is 0 Å². The van der Waals surface area contributed by atoms with Crippen LogP contribution in [0.15, 0.2) is 58.3 Å². The average Bonchev–Trinajstić information content (AvgIpc) is 3.28. The van der Waals surface area contributed by atoms with Gasteiger partial charge in [-0.1, -0.05) is 6.07 Å². The van der Waals surface area contributed by atoms with Crippen LogP contribution in [0.2, 0.25) is 0 Å². The van der Waals surface area contributed by atoms with E-state index >= 15 is 0 Å². The molecule has 0 atom stereocenters. The van der Waals surface area contributed by atoms with E-state index in [0.717, 1.165) is 10.6 Å². The van der Waals surface area contributed by atoms with Crippen molar-refractivity contribution in [1.82, 2.24) is 4.98 Å². The highest BCUT2D eigenvalue weighted by molar-refractivity contribution is 8.00. The lowest BCUT2D eigenvalue weighted by Crippen LogP contribution is -2.13. The molecule has 0 radical (unpaired) electrons. The van der Waals surface area contributed by atoms with Gasteiger partial charge in [0.25, 0.3) is 5.91 Å². The van der Waals surface area contributed by atoms with Crippen molar-refractivity contribution in [3.63, 3.8) is 0 Å². The summed E-state index contributed by atoms with van der Waals surface area (Å²) in [5.74, 6) is 0.0961. The average molecular weight is 376 g/mol. The van der Waals surface area contributed by atoms with E-state index in [1.165, 1.54) is 34.4 Å². The molecule has 8 heteroatoms. The zero-order valence-corrected chi connectivity index (χ0v) is 14.8. The van der Waals surface area contributed by atoms with Crippen LogP contribution in [-0.2, 0) is 4.79 Å². The number of hydrogen-bond acceptors (Lipinski definition) is 6. The standard InChI is InChI=1S/C16H13N3O2S3/c20-14(19-16-17-7-9-23-16)10-24-12-5-3-11(4-6-12)18-15(21)13-2-1-8-22-13/h1-9H,10H2,(H,18,21)(H,17,19,20). The Kier molecular flexibility index (Phi) is 5.63. The molecule has 1 aromatic carbocycles. The van der Waals surface area contributed by atoms with Gasteiger partial charge in [0, 0.05) is 22.2 Å². The lowest BCUT2D eigenvalue weighted by molar-refractivity contribution is -0.113. The molecule has 0 aliphatic carbocycles. The van der Waals surface area contributed by atoms with Crippen molar-refractivity contribution in [2.45, 2.75) is 4.90 Å². The van der Waals surface area contributed by atoms with Crippen molar-refractivity contribution < 1.29 is 9.59 Å². The molecular weight excluding hydrogens is 362 g/mol. The molecular formula is C16H13N3O2S3. The first-order chi connectivity index (χ1) is 11.7. The molecule has 3 rings (SSSR count). The number of rotatable bonds is 6. The fraction of sp³-hybridized carbons (Fsp3) is 0.0625. The number of anilines is 2. The van der Waals surface area contributed by atoms with Crippen LogP contribution in [0.25, 0.3) is 0 Å². The minimum Gasteiger partial charge on any atom is -0.321 e. The molecule has 2 heterocycles. The SMILES string of the molecule is O=C(CSc1ccc(NC(=O)c2cccs2)cc1)Nc1nccs1. The molecule has 0 fully saturated rings. The summed E-state index contributed by atoms with van der Waals surface area (Å²) >= 11 is 4.22. The van der Waals surface area contributed by atoms with Crippen molar-refractivity contribution in [1.29, 1.82) is 0 Å². The van der Waals surface area contributed by atoms with Crippen LogP contribution >= 0.6 is 34.4 Å². The predicted octanol–water partition coefficient (Wildman–Crippen LogP) is 4.19. The van der Waals surface area contributed by atoms with Crippen LogP contribution in [0.5, 0.6) is 0 Å². The van der Waals surface area contributed by atoms with Crippen LogP contribution in [0.4, 0.5) is 10.8 Å². The zero-order chi connectivity index (χ0) is 16.8. The lowest BCUT2D eigenvalue weighted by Gasteiger charge is -2.05. The molecule has 122 valence electrons. The number of amides is 2. The summed E-state index contributed by atoms with van der Waals surface area (Å²) in [6, 6.07) is 11.0. The first-order valence-electron chi connectivity index (χ1n) is 6.98. The van der Waals surface area contributed by atoms with Gasteiger partial charge in [-0.3, -0.25) is 9.59 Å². The Labute approximate surface area is 151 Å². The first-order valence-corrected chi connectivity index (χ1v) is 9.72. The molecule has 5 nitrogen and oxygen atoms in total. The second kappa shape index (κ2) is 8.09. The van der Waals surface area contributed by atoms with E-state index in [-0.39, 0.29) is 11.8 Å². The molecule has 0 unspecified atom stereocenters. The Balaban J connectivity index is 1.49. The van der Waals surface area contributed by atoms with E-state index in [0.29, 0.717) is 15.8 Å². The number of carbonyl (C=O) groups is 2. The second-order valence-corrected chi connectivity index (χ2v) is 7.52. The largest absolute Gasteiger partial charge is 0.321 e. The Bertz CT molecular complexity index is 800. The summed E-state index contributed by atoms with van der Waals surface area (Å²) < 4.78 is 0. The van der Waals surface area contributed by atoms with E-state index in [1.807, 2.05) is 41.1 Å². The molecule has 0 saturated heterocycles. The highest BCUT2D eigenvalue weighted by atomic mass is 32.2. The quantitative estimate of drug-likeness (QED) is 0.634. The van der Waals surface area contributed by atoms with Gasteiger partial charge < -0.3 is 10.6 Å². The van der Waals surface area contributed by atoms with Crippen molar-refractivity contribution in [2.24, 2.45) is 0 Å². The number of carbonyl (C=O) groups excluding carboxylic acids is 2. The molecule has 2 N–H and O–H groups in total. The number of benzene rings is 1. The van der Waals surface area contributed by atoms with Crippen molar-refractivity contribution in [3.8, 4) is 0 Å². The molecule has 3 aromatic rings. The maximum Gasteiger partial charge on any atom is 0.265 e. The Hall–Kier alpha value is -2.16. The van der Waals surface area contributed by atoms with Crippen molar-refractivity contribution >= 4 is 57.1 Å². The summed E-state index contributed by atoms with van der Waals surface area (Å²) in [5.41, 5.74) is 0.727. The van der Waals surface area contributed by atoms with Gasteiger partial charge in [-0.05, 0) is 35.7 Å². The van der Waals surface area contributed by atoms with Crippen LogP contribution in [0.3, 0.4) is 0 Å². The fourth-order valence-corrected chi connectivity index (χ4v) is 3.69. The molecule has 0 spiro atoms. The molecule has 2 amide bonds. The van der Waals surface area contributed by atoms with Crippen LogP contribution in [-0.4, -0.2) is 22.6 Å². The smallest absolute Gasteiger partial charge is 0.265 e. The Morgan fingerprint density at radius 3 is 2.54 bits per heavy atom. The third kappa shape index (κ3) is 4.67. The monoisotopic (exact) mass is 375 g/mol. The van der Waals surface area contributed by atoms with Crippen LogP contribution < -0.4 is 10.6 Å². The summed E-state index contributed by atoms with van der Waals surface area (Å²) in [4.78, 5) is 29.4. The maximum absolute atomic E-state index is 12.0. The molecule has 24 heavy (non-hydrogen) atoms. The van der Waals surface area contributed by atoms with E-state index in [1.54, 1.807) is 12.3 Å². The Morgan fingerprint density at radius 1 is 1.04 bits per heavy atom. The van der Waals surface area contributed by atoms with Gasteiger partial charge in [0.1, 0.15) is 0 Å². The minimum absolute atomic E-state index is 0.0926. The number of aromatic nitrogens is 1. The summed E-state index contributed by atoms with van der Waals surface area (Å²) in [6.45, 7) is 0. The van der Waals surface area contributed by atoms with Crippen molar-refractivity contribution in [2.75, 3.05) is 16.4 Å². The summed E-state index contributed by atoms with van der Waals surface area (Å²) in [6.07, 6.45) is 1.65. The molecule has 0 aliphatic rings. The second-order valence-electron chi connectivity index (χ2n) is 4.63. The fourth-order valence-electron chi connectivity index (χ4n) is 1.82. The third-order valence-electron chi connectivity index (χ3n) is 2.91. The number of thiophene rings is 1. The molecule has 0 saturated carbocycles. The number of hydrogen-bond donors (Lipinski definition) is 2. The predicted molar refractivity (Wildman–Crippen MR) is 100 cm³/mol. The Morgan fingerprint density at radius 2 is 1.88 bits per heavy atom. The first kappa shape index (κ1) is 16.7. The number of nitrogens with zero attached hydrogens (tertiary/aromatic N) is 1. The normalized spacial score (nSPS) is 10.3. The van der Waals surface area contributed by atoms with Crippen LogP contribution in [0.1, 0.15) is 9.67 Å². The van der Waals surface area contributed by atoms with Gasteiger partial charge in [0.2, 0.25) is 5.91 Å². The highest BCUT2D eigenvalue weighted by Gasteiger charge is 2.08. The number of nitrogens with one attached hydrogen (secondary N) is 2. The van der Waals surface area contributed by atoms with Crippen molar-refractivity contribution in [3.05, 3.63) is 58.2 Å². The number of thiazole rings is 1. The molecule has 0 bridgehead atoms. The van der Waals surface area contributed by atoms with Gasteiger partial charge in [-0.15, -0.1) is 34.4 Å². The lowest BCUT2D eigenvalue weighted by atomic mass is 10.3. The highest BCUT2D eigenvalue weighted by Crippen LogP contribution is 2.21. The van der Waals surface area contributed by atoms with E-state index in [9.17, 15) is 9.59 Å². The zero-order valence-electron chi connectivity index (χ0n) is 12.4. The van der Waals surface area contributed by atoms with E-state index in [4.69, 9.17) is 0 Å². The van der Waals surface area contributed by atoms with E-state index in [2.05, 4.69) is 15.6 Å².